The molecule has 2 aromatic carbocycles. The SMILES string of the molecule is CCNC(=NCc1cccc(S(=O)(=O)NC)c1)NCc1cc(C)ccc1OC(F)F. The number of hydrogen-bond donors (Lipinski definition) is 3. The van der Waals surface area contributed by atoms with Crippen molar-refractivity contribution in [1.29, 1.82) is 0 Å². The van der Waals surface area contributed by atoms with Crippen molar-refractivity contribution < 1.29 is 21.9 Å². The molecule has 0 aliphatic carbocycles. The van der Waals surface area contributed by atoms with Crippen LogP contribution in [0.5, 0.6) is 5.75 Å². The Morgan fingerprint density at radius 2 is 1.93 bits per heavy atom. The third kappa shape index (κ3) is 6.96. The van der Waals surface area contributed by atoms with E-state index in [0.29, 0.717) is 23.6 Å². The molecule has 0 saturated heterocycles. The fourth-order valence-electron chi connectivity index (χ4n) is 2.68. The molecule has 0 fully saturated rings. The zero-order chi connectivity index (χ0) is 22.1. The Labute approximate surface area is 175 Å². The first kappa shape index (κ1) is 23.6. The lowest BCUT2D eigenvalue weighted by Crippen LogP contribution is -2.37. The van der Waals surface area contributed by atoms with Crippen molar-refractivity contribution in [2.75, 3.05) is 13.6 Å². The minimum Gasteiger partial charge on any atom is -0.434 e. The number of aryl methyl sites for hydroxylation is 1. The van der Waals surface area contributed by atoms with Crippen LogP contribution in [0.4, 0.5) is 8.78 Å². The fraction of sp³-hybridized carbons (Fsp3) is 0.350. The van der Waals surface area contributed by atoms with Crippen LogP contribution in [0.3, 0.4) is 0 Å². The van der Waals surface area contributed by atoms with Crippen LogP contribution in [0.2, 0.25) is 0 Å². The summed E-state index contributed by atoms with van der Waals surface area (Å²) in [5, 5.41) is 6.16. The quantitative estimate of drug-likeness (QED) is 0.412. The van der Waals surface area contributed by atoms with Gasteiger partial charge in [0, 0.05) is 18.7 Å². The zero-order valence-electron chi connectivity index (χ0n) is 17.1. The Morgan fingerprint density at radius 3 is 2.60 bits per heavy atom. The Hall–Kier alpha value is -2.72. The van der Waals surface area contributed by atoms with Crippen molar-refractivity contribution in [2.24, 2.45) is 4.99 Å². The molecule has 0 heterocycles. The molecule has 30 heavy (non-hydrogen) atoms. The molecule has 0 amide bonds. The molecule has 0 aliphatic rings. The number of guanidine groups is 1. The molecule has 0 bridgehead atoms. The number of sulfonamides is 1. The average molecular weight is 441 g/mol. The van der Waals surface area contributed by atoms with E-state index in [1.165, 1.54) is 19.2 Å². The molecule has 164 valence electrons. The molecule has 7 nitrogen and oxygen atoms in total. The third-order valence-electron chi connectivity index (χ3n) is 4.12. The smallest absolute Gasteiger partial charge is 0.387 e. The van der Waals surface area contributed by atoms with Gasteiger partial charge in [-0.25, -0.2) is 18.1 Å². The minimum atomic E-state index is -3.54. The maximum absolute atomic E-state index is 12.6. The third-order valence-corrected chi connectivity index (χ3v) is 5.53. The van der Waals surface area contributed by atoms with Gasteiger partial charge in [0.25, 0.3) is 0 Å². The summed E-state index contributed by atoms with van der Waals surface area (Å²) in [7, 11) is -2.19. The number of ether oxygens (including phenoxy) is 1. The summed E-state index contributed by atoms with van der Waals surface area (Å²) in [6.07, 6.45) is 0. The average Bonchev–Trinajstić information content (AvgIpc) is 2.71. The van der Waals surface area contributed by atoms with Gasteiger partial charge in [0.1, 0.15) is 5.75 Å². The highest BCUT2D eigenvalue weighted by Gasteiger charge is 2.12. The van der Waals surface area contributed by atoms with Gasteiger partial charge in [-0.3, -0.25) is 0 Å². The second-order valence-corrected chi connectivity index (χ2v) is 8.28. The van der Waals surface area contributed by atoms with Gasteiger partial charge < -0.3 is 15.4 Å². The lowest BCUT2D eigenvalue weighted by Gasteiger charge is -2.15. The van der Waals surface area contributed by atoms with E-state index < -0.39 is 16.6 Å². The fourth-order valence-corrected chi connectivity index (χ4v) is 3.48. The molecule has 2 rings (SSSR count). The monoisotopic (exact) mass is 440 g/mol. The Kier molecular flexibility index (Phi) is 8.55. The summed E-state index contributed by atoms with van der Waals surface area (Å²) in [6.45, 7) is 1.90. The van der Waals surface area contributed by atoms with E-state index in [0.717, 1.165) is 5.56 Å². The van der Waals surface area contributed by atoms with Crippen molar-refractivity contribution >= 4 is 16.0 Å². The maximum Gasteiger partial charge on any atom is 0.387 e. The molecule has 0 spiro atoms. The van der Waals surface area contributed by atoms with E-state index >= 15 is 0 Å². The topological polar surface area (TPSA) is 91.8 Å². The predicted octanol–water partition coefficient (Wildman–Crippen LogP) is 2.76. The number of nitrogens with one attached hydrogen (secondary N) is 3. The molecule has 0 aliphatic heterocycles. The lowest BCUT2D eigenvalue weighted by atomic mass is 10.1. The number of halogens is 2. The number of hydrogen-bond acceptors (Lipinski definition) is 4. The van der Waals surface area contributed by atoms with E-state index in [1.807, 2.05) is 13.8 Å². The first-order chi connectivity index (χ1) is 14.2. The summed E-state index contributed by atoms with van der Waals surface area (Å²) in [5.41, 5.74) is 2.20. The van der Waals surface area contributed by atoms with E-state index in [1.54, 1.807) is 30.3 Å². The number of alkyl halides is 2. The molecule has 3 N–H and O–H groups in total. The second kappa shape index (κ2) is 10.9. The van der Waals surface area contributed by atoms with Crippen molar-refractivity contribution in [1.82, 2.24) is 15.4 Å². The molecular weight excluding hydrogens is 414 g/mol. The summed E-state index contributed by atoms with van der Waals surface area (Å²) < 4.78 is 56.1. The van der Waals surface area contributed by atoms with Crippen LogP contribution in [0.25, 0.3) is 0 Å². The number of benzene rings is 2. The summed E-state index contributed by atoms with van der Waals surface area (Å²) in [6, 6.07) is 11.5. The van der Waals surface area contributed by atoms with Crippen LogP contribution < -0.4 is 20.1 Å². The van der Waals surface area contributed by atoms with Crippen LogP contribution in [-0.2, 0) is 23.1 Å². The van der Waals surface area contributed by atoms with Crippen molar-refractivity contribution in [3.63, 3.8) is 0 Å². The molecule has 0 saturated carbocycles. The molecule has 0 atom stereocenters. The molecular formula is C20H26F2N4O3S. The van der Waals surface area contributed by atoms with Gasteiger partial charge in [-0.05, 0) is 44.7 Å². The summed E-state index contributed by atoms with van der Waals surface area (Å²) in [4.78, 5) is 4.61. The van der Waals surface area contributed by atoms with Crippen LogP contribution in [-0.4, -0.2) is 34.6 Å². The summed E-state index contributed by atoms with van der Waals surface area (Å²) in [5.74, 6) is 0.563. The highest BCUT2D eigenvalue weighted by atomic mass is 32.2. The van der Waals surface area contributed by atoms with Gasteiger partial charge in [-0.15, -0.1) is 0 Å². The van der Waals surface area contributed by atoms with E-state index in [2.05, 4.69) is 25.1 Å². The zero-order valence-corrected chi connectivity index (χ0v) is 17.9. The number of aliphatic imine (C=N–C) groups is 1. The minimum absolute atomic E-state index is 0.101. The lowest BCUT2D eigenvalue weighted by molar-refractivity contribution is -0.0504. The van der Waals surface area contributed by atoms with Gasteiger partial charge in [-0.1, -0.05) is 29.8 Å². The largest absolute Gasteiger partial charge is 0.434 e. The van der Waals surface area contributed by atoms with E-state index in [4.69, 9.17) is 0 Å². The highest BCUT2D eigenvalue weighted by molar-refractivity contribution is 7.89. The van der Waals surface area contributed by atoms with E-state index in [-0.39, 0.29) is 23.7 Å². The molecule has 2 aromatic rings. The second-order valence-electron chi connectivity index (χ2n) is 6.39. The Morgan fingerprint density at radius 1 is 1.17 bits per heavy atom. The van der Waals surface area contributed by atoms with Crippen LogP contribution in [0.15, 0.2) is 52.4 Å². The maximum atomic E-state index is 12.6. The molecule has 0 aromatic heterocycles. The molecule has 10 heteroatoms. The van der Waals surface area contributed by atoms with Gasteiger partial charge in [0.2, 0.25) is 10.0 Å². The Bertz CT molecular complexity index is 982. The molecule has 0 radical (unpaired) electrons. The van der Waals surface area contributed by atoms with Gasteiger partial charge in [-0.2, -0.15) is 8.78 Å². The van der Waals surface area contributed by atoms with Crippen molar-refractivity contribution in [3.8, 4) is 5.75 Å². The molecule has 0 unspecified atom stereocenters. The summed E-state index contributed by atoms with van der Waals surface area (Å²) >= 11 is 0. The van der Waals surface area contributed by atoms with Gasteiger partial charge >= 0.3 is 6.61 Å². The number of rotatable bonds is 9. The van der Waals surface area contributed by atoms with Gasteiger partial charge in [0.15, 0.2) is 5.96 Å². The van der Waals surface area contributed by atoms with Crippen molar-refractivity contribution in [3.05, 3.63) is 59.2 Å². The Balaban J connectivity index is 2.15. The first-order valence-electron chi connectivity index (χ1n) is 9.34. The predicted molar refractivity (Wildman–Crippen MR) is 112 cm³/mol. The first-order valence-corrected chi connectivity index (χ1v) is 10.8. The highest BCUT2D eigenvalue weighted by Crippen LogP contribution is 2.22. The van der Waals surface area contributed by atoms with Crippen LogP contribution in [0, 0.1) is 6.92 Å². The van der Waals surface area contributed by atoms with E-state index in [9.17, 15) is 17.2 Å². The normalized spacial score (nSPS) is 12.1. The standard InChI is InChI=1S/C20H26F2N4O3S/c1-4-24-20(25-12-15-6-5-7-17(11-15)30(27,28)23-3)26-13-16-10-14(2)8-9-18(16)29-19(21)22/h5-11,19,23H,4,12-13H2,1-3H3,(H2,24,25,26). The number of nitrogens with zero attached hydrogens (tertiary/aromatic N) is 1. The van der Waals surface area contributed by atoms with Crippen LogP contribution in [0.1, 0.15) is 23.6 Å². The van der Waals surface area contributed by atoms with Gasteiger partial charge in [0.05, 0.1) is 11.4 Å². The van der Waals surface area contributed by atoms with Crippen molar-refractivity contribution in [2.45, 2.75) is 38.4 Å². The van der Waals surface area contributed by atoms with Crippen LogP contribution >= 0.6 is 0 Å².